The maximum Gasteiger partial charge on any atom is 0.260 e. The van der Waals surface area contributed by atoms with Gasteiger partial charge in [-0.2, -0.15) is 0 Å². The first-order chi connectivity index (χ1) is 12.9. The molecule has 27 heavy (non-hydrogen) atoms. The molecule has 1 saturated heterocycles. The third-order valence-electron chi connectivity index (χ3n) is 4.46. The summed E-state index contributed by atoms with van der Waals surface area (Å²) in [7, 11) is 0. The molecule has 0 unspecified atom stereocenters. The van der Waals surface area contributed by atoms with Crippen molar-refractivity contribution in [2.45, 2.75) is 6.92 Å². The molecular weight excluding hydrogens is 387 g/mol. The van der Waals surface area contributed by atoms with Crippen LogP contribution in [0.5, 0.6) is 5.75 Å². The van der Waals surface area contributed by atoms with Crippen molar-refractivity contribution in [2.75, 3.05) is 32.8 Å². The van der Waals surface area contributed by atoms with E-state index >= 15 is 0 Å². The van der Waals surface area contributed by atoms with Gasteiger partial charge in [0.15, 0.2) is 6.61 Å². The number of hydrogen-bond acceptors (Lipinski definition) is 3. The number of hydrogen-bond donors (Lipinski definition) is 0. The van der Waals surface area contributed by atoms with Crippen LogP contribution in [0.4, 0.5) is 0 Å². The van der Waals surface area contributed by atoms with E-state index in [4.69, 9.17) is 27.9 Å². The van der Waals surface area contributed by atoms with Gasteiger partial charge in [0.25, 0.3) is 11.8 Å². The molecule has 3 rings (SSSR count). The van der Waals surface area contributed by atoms with Gasteiger partial charge in [-0.1, -0.05) is 40.9 Å². The minimum absolute atomic E-state index is 0.00806. The number of carbonyl (C=O) groups is 2. The van der Waals surface area contributed by atoms with Gasteiger partial charge in [0.1, 0.15) is 5.75 Å². The van der Waals surface area contributed by atoms with Gasteiger partial charge in [-0.3, -0.25) is 9.59 Å². The zero-order valence-corrected chi connectivity index (χ0v) is 16.5. The number of piperazine rings is 1. The normalized spacial score (nSPS) is 14.2. The summed E-state index contributed by atoms with van der Waals surface area (Å²) in [4.78, 5) is 28.4. The summed E-state index contributed by atoms with van der Waals surface area (Å²) in [6.45, 7) is 3.84. The lowest BCUT2D eigenvalue weighted by molar-refractivity contribution is -0.134. The third kappa shape index (κ3) is 4.93. The molecule has 0 spiro atoms. The Morgan fingerprint density at radius 2 is 1.59 bits per heavy atom. The van der Waals surface area contributed by atoms with Crippen LogP contribution in [0, 0.1) is 6.92 Å². The van der Waals surface area contributed by atoms with Crippen LogP contribution in [0.15, 0.2) is 42.5 Å². The Labute approximate surface area is 168 Å². The largest absolute Gasteiger partial charge is 0.482 e. The van der Waals surface area contributed by atoms with Crippen molar-refractivity contribution in [3.63, 3.8) is 0 Å². The Kier molecular flexibility index (Phi) is 6.24. The van der Waals surface area contributed by atoms with E-state index in [0.29, 0.717) is 47.5 Å². The van der Waals surface area contributed by atoms with Crippen molar-refractivity contribution in [1.29, 1.82) is 0 Å². The zero-order chi connectivity index (χ0) is 19.4. The second kappa shape index (κ2) is 8.63. The van der Waals surface area contributed by atoms with E-state index in [-0.39, 0.29) is 18.4 Å². The number of carbonyl (C=O) groups excluding carboxylic acids is 2. The number of benzene rings is 2. The van der Waals surface area contributed by atoms with Crippen LogP contribution in [-0.4, -0.2) is 54.4 Å². The Morgan fingerprint density at radius 3 is 2.22 bits per heavy atom. The third-order valence-corrected chi connectivity index (χ3v) is 4.99. The number of rotatable bonds is 4. The van der Waals surface area contributed by atoms with E-state index in [0.717, 1.165) is 5.56 Å². The molecule has 0 aromatic heterocycles. The van der Waals surface area contributed by atoms with E-state index in [1.165, 1.54) is 0 Å². The first-order valence-corrected chi connectivity index (χ1v) is 9.41. The summed E-state index contributed by atoms with van der Waals surface area (Å²) >= 11 is 11.9. The molecule has 1 aliphatic rings. The average Bonchev–Trinajstić information content (AvgIpc) is 2.67. The average molecular weight is 407 g/mol. The van der Waals surface area contributed by atoms with E-state index < -0.39 is 0 Å². The van der Waals surface area contributed by atoms with E-state index in [9.17, 15) is 9.59 Å². The summed E-state index contributed by atoms with van der Waals surface area (Å²) in [5.74, 6) is 0.275. The Morgan fingerprint density at radius 1 is 0.963 bits per heavy atom. The van der Waals surface area contributed by atoms with Crippen molar-refractivity contribution in [1.82, 2.24) is 9.80 Å². The van der Waals surface area contributed by atoms with Crippen molar-refractivity contribution >= 4 is 35.0 Å². The molecule has 7 heteroatoms. The predicted molar refractivity (Wildman–Crippen MR) is 106 cm³/mol. The van der Waals surface area contributed by atoms with Crippen LogP contribution in [-0.2, 0) is 4.79 Å². The maximum absolute atomic E-state index is 12.5. The number of aryl methyl sites for hydroxylation is 1. The first kappa shape index (κ1) is 19.5. The maximum atomic E-state index is 12.5. The fourth-order valence-electron chi connectivity index (χ4n) is 2.86. The quantitative estimate of drug-likeness (QED) is 0.777. The lowest BCUT2D eigenvalue weighted by atomic mass is 10.1. The van der Waals surface area contributed by atoms with Gasteiger partial charge in [0, 0.05) is 36.8 Å². The molecular formula is C20H20Cl2N2O3. The van der Waals surface area contributed by atoms with Crippen LogP contribution < -0.4 is 4.74 Å². The SMILES string of the molecule is Cc1ccc(C(=O)N2CCN(C(=O)COc3ccc(Cl)cc3Cl)CC2)cc1. The molecule has 0 aliphatic carbocycles. The van der Waals surface area contributed by atoms with Crippen LogP contribution in [0.25, 0.3) is 0 Å². The fraction of sp³-hybridized carbons (Fsp3) is 0.300. The molecule has 2 aromatic carbocycles. The standard InChI is InChI=1S/C20H20Cl2N2O3/c1-14-2-4-15(5-3-14)20(26)24-10-8-23(9-11-24)19(25)13-27-18-7-6-16(21)12-17(18)22/h2-7,12H,8-11,13H2,1H3. The van der Waals surface area contributed by atoms with Crippen LogP contribution >= 0.6 is 23.2 Å². The minimum Gasteiger partial charge on any atom is -0.482 e. The molecule has 1 fully saturated rings. The van der Waals surface area contributed by atoms with Gasteiger partial charge in [-0.05, 0) is 37.3 Å². The first-order valence-electron chi connectivity index (χ1n) is 8.65. The van der Waals surface area contributed by atoms with Gasteiger partial charge in [-0.25, -0.2) is 0 Å². The summed E-state index contributed by atoms with van der Waals surface area (Å²) in [5, 5.41) is 0.872. The smallest absolute Gasteiger partial charge is 0.260 e. The topological polar surface area (TPSA) is 49.9 Å². The molecule has 1 aliphatic heterocycles. The highest BCUT2D eigenvalue weighted by Gasteiger charge is 2.25. The monoisotopic (exact) mass is 406 g/mol. The van der Waals surface area contributed by atoms with E-state index in [1.807, 2.05) is 31.2 Å². The van der Waals surface area contributed by atoms with Gasteiger partial charge < -0.3 is 14.5 Å². The number of halogens is 2. The summed E-state index contributed by atoms with van der Waals surface area (Å²) in [5.41, 5.74) is 1.78. The molecule has 0 atom stereocenters. The molecule has 142 valence electrons. The molecule has 5 nitrogen and oxygen atoms in total. The lowest BCUT2D eigenvalue weighted by Gasteiger charge is -2.34. The van der Waals surface area contributed by atoms with E-state index in [1.54, 1.807) is 28.0 Å². The second-order valence-electron chi connectivity index (χ2n) is 6.40. The summed E-state index contributed by atoms with van der Waals surface area (Å²) < 4.78 is 5.50. The molecule has 0 saturated carbocycles. The molecule has 0 radical (unpaired) electrons. The molecule has 1 heterocycles. The van der Waals surface area contributed by atoms with Crippen molar-refractivity contribution in [3.8, 4) is 5.75 Å². The zero-order valence-electron chi connectivity index (χ0n) is 15.0. The molecule has 0 N–H and O–H groups in total. The van der Waals surface area contributed by atoms with Gasteiger partial charge in [0.2, 0.25) is 0 Å². The van der Waals surface area contributed by atoms with Crippen LogP contribution in [0.3, 0.4) is 0 Å². The Bertz CT molecular complexity index is 832. The van der Waals surface area contributed by atoms with Crippen LogP contribution in [0.2, 0.25) is 10.0 Å². The fourth-order valence-corrected chi connectivity index (χ4v) is 3.32. The van der Waals surface area contributed by atoms with Crippen molar-refractivity contribution in [2.24, 2.45) is 0 Å². The molecule has 2 aromatic rings. The van der Waals surface area contributed by atoms with Gasteiger partial charge >= 0.3 is 0 Å². The van der Waals surface area contributed by atoms with Gasteiger partial charge in [-0.15, -0.1) is 0 Å². The Hall–Kier alpha value is -2.24. The van der Waals surface area contributed by atoms with E-state index in [2.05, 4.69) is 0 Å². The molecule has 2 amide bonds. The highest BCUT2D eigenvalue weighted by atomic mass is 35.5. The number of amides is 2. The van der Waals surface area contributed by atoms with Gasteiger partial charge in [0.05, 0.1) is 5.02 Å². The minimum atomic E-state index is -0.136. The summed E-state index contributed by atoms with van der Waals surface area (Å²) in [6, 6.07) is 12.4. The number of nitrogens with zero attached hydrogens (tertiary/aromatic N) is 2. The molecule has 0 bridgehead atoms. The van der Waals surface area contributed by atoms with Crippen molar-refractivity contribution < 1.29 is 14.3 Å². The second-order valence-corrected chi connectivity index (χ2v) is 7.25. The predicted octanol–water partition coefficient (Wildman–Crippen LogP) is 3.67. The number of ether oxygens (including phenoxy) is 1. The summed E-state index contributed by atoms with van der Waals surface area (Å²) in [6.07, 6.45) is 0. The highest BCUT2D eigenvalue weighted by Crippen LogP contribution is 2.27. The van der Waals surface area contributed by atoms with Crippen molar-refractivity contribution in [3.05, 3.63) is 63.6 Å². The highest BCUT2D eigenvalue weighted by molar-refractivity contribution is 6.35. The van der Waals surface area contributed by atoms with Crippen LogP contribution in [0.1, 0.15) is 15.9 Å². The lowest BCUT2D eigenvalue weighted by Crippen LogP contribution is -2.51. The Balaban J connectivity index is 1.50.